The van der Waals surface area contributed by atoms with E-state index >= 15 is 0 Å². The first kappa shape index (κ1) is 14.7. The summed E-state index contributed by atoms with van der Waals surface area (Å²) >= 11 is 2.78. The minimum absolute atomic E-state index is 0.0496. The molecule has 1 aliphatic heterocycles. The van der Waals surface area contributed by atoms with E-state index in [2.05, 4.69) is 15.5 Å². The van der Waals surface area contributed by atoms with Crippen molar-refractivity contribution in [3.8, 4) is 0 Å². The molecule has 1 N–H and O–H groups in total. The van der Waals surface area contributed by atoms with Gasteiger partial charge in [0.25, 0.3) is 0 Å². The number of hydrogen-bond acceptors (Lipinski definition) is 7. The lowest BCUT2D eigenvalue weighted by Gasteiger charge is -2.14. The minimum atomic E-state index is -2.96. The first-order valence-electron chi connectivity index (χ1n) is 5.83. The van der Waals surface area contributed by atoms with E-state index < -0.39 is 9.84 Å². The Morgan fingerprint density at radius 3 is 2.79 bits per heavy atom. The molecule has 0 saturated carbocycles. The number of hydrogen-bond donors (Lipinski definition) is 1. The van der Waals surface area contributed by atoms with Crippen LogP contribution in [0, 0.1) is 6.92 Å². The van der Waals surface area contributed by atoms with Gasteiger partial charge in [-0.25, -0.2) is 8.42 Å². The Labute approximate surface area is 120 Å². The van der Waals surface area contributed by atoms with Crippen LogP contribution in [0.5, 0.6) is 0 Å². The molecular weight excluding hydrogens is 306 g/mol. The average molecular weight is 321 g/mol. The maximum Gasteiger partial charge on any atom is 0.233 e. The minimum Gasteiger partial charge on any atom is -0.351 e. The van der Waals surface area contributed by atoms with Gasteiger partial charge in [-0.3, -0.25) is 4.79 Å². The predicted octanol–water partition coefficient (Wildman–Crippen LogP) is 0.630. The van der Waals surface area contributed by atoms with Crippen LogP contribution in [0.1, 0.15) is 18.4 Å². The summed E-state index contributed by atoms with van der Waals surface area (Å²) in [6, 6.07) is -0.253. The maximum absolute atomic E-state index is 12.0. The van der Waals surface area contributed by atoms with Gasteiger partial charge in [0.2, 0.25) is 5.91 Å². The topological polar surface area (TPSA) is 89.0 Å². The molecule has 19 heavy (non-hydrogen) atoms. The summed E-state index contributed by atoms with van der Waals surface area (Å²) in [6.45, 7) is 3.63. The van der Waals surface area contributed by atoms with Crippen molar-refractivity contribution in [3.05, 3.63) is 5.01 Å². The number of amides is 1. The van der Waals surface area contributed by atoms with Crippen molar-refractivity contribution in [3.63, 3.8) is 0 Å². The van der Waals surface area contributed by atoms with Gasteiger partial charge in [0.05, 0.1) is 16.8 Å². The van der Waals surface area contributed by atoms with Gasteiger partial charge in [-0.1, -0.05) is 23.1 Å². The van der Waals surface area contributed by atoms with Crippen LogP contribution < -0.4 is 5.32 Å². The standard InChI is InChI=1S/C10H15N3O3S3/c1-6(17-10-13-12-7(2)18-10)9(14)11-8-3-4-19(15,16)5-8/h6,8H,3-5H2,1-2H3,(H,11,14)/t6-,8-/m0/s1. The van der Waals surface area contributed by atoms with E-state index in [9.17, 15) is 13.2 Å². The molecule has 2 atom stereocenters. The van der Waals surface area contributed by atoms with Gasteiger partial charge in [-0.15, -0.1) is 10.2 Å². The van der Waals surface area contributed by atoms with Crippen LogP contribution in [0.3, 0.4) is 0 Å². The van der Waals surface area contributed by atoms with Crippen LogP contribution in [-0.4, -0.2) is 47.3 Å². The van der Waals surface area contributed by atoms with Crippen molar-refractivity contribution in [2.24, 2.45) is 0 Å². The van der Waals surface area contributed by atoms with Crippen molar-refractivity contribution in [1.82, 2.24) is 15.5 Å². The second-order valence-corrected chi connectivity index (χ2v) is 9.45. The highest BCUT2D eigenvalue weighted by Crippen LogP contribution is 2.26. The quantitative estimate of drug-likeness (QED) is 0.818. The Hall–Kier alpha value is -0.670. The molecule has 0 spiro atoms. The summed E-state index contributed by atoms with van der Waals surface area (Å²) in [5.41, 5.74) is 0. The number of sulfone groups is 1. The lowest BCUT2D eigenvalue weighted by Crippen LogP contribution is -2.39. The second-order valence-electron chi connectivity index (χ2n) is 4.46. The highest BCUT2D eigenvalue weighted by atomic mass is 32.2. The molecule has 0 aliphatic carbocycles. The van der Waals surface area contributed by atoms with Crippen LogP contribution in [0.4, 0.5) is 0 Å². The van der Waals surface area contributed by atoms with Gasteiger partial charge in [-0.05, 0) is 20.3 Å². The van der Waals surface area contributed by atoms with Gasteiger partial charge < -0.3 is 5.32 Å². The van der Waals surface area contributed by atoms with E-state index in [4.69, 9.17) is 0 Å². The summed E-state index contributed by atoms with van der Waals surface area (Å²) in [5.74, 6) is 0.0586. The number of rotatable bonds is 4. The number of carbonyl (C=O) groups excluding carboxylic acids is 1. The molecule has 1 fully saturated rings. The second kappa shape index (κ2) is 5.76. The number of aromatic nitrogens is 2. The highest BCUT2D eigenvalue weighted by molar-refractivity contribution is 8.02. The molecular formula is C10H15N3O3S3. The third-order valence-electron chi connectivity index (χ3n) is 2.73. The molecule has 2 rings (SSSR count). The number of thioether (sulfide) groups is 1. The third-order valence-corrected chi connectivity index (χ3v) is 6.52. The molecule has 0 unspecified atom stereocenters. The summed E-state index contributed by atoms with van der Waals surface area (Å²) in [6.07, 6.45) is 0.503. The van der Waals surface area contributed by atoms with Gasteiger partial charge in [0.15, 0.2) is 14.2 Å². The van der Waals surface area contributed by atoms with Crippen LogP contribution in [-0.2, 0) is 14.6 Å². The summed E-state index contributed by atoms with van der Waals surface area (Å²) in [5, 5.41) is 11.2. The van der Waals surface area contributed by atoms with E-state index in [0.29, 0.717) is 6.42 Å². The van der Waals surface area contributed by atoms with Gasteiger partial charge in [-0.2, -0.15) is 0 Å². The van der Waals surface area contributed by atoms with Crippen molar-refractivity contribution in [1.29, 1.82) is 0 Å². The number of nitrogens with one attached hydrogen (secondary N) is 1. The van der Waals surface area contributed by atoms with E-state index in [1.165, 1.54) is 23.1 Å². The Bertz CT molecular complexity index is 570. The van der Waals surface area contributed by atoms with Crippen LogP contribution >= 0.6 is 23.1 Å². The van der Waals surface area contributed by atoms with E-state index in [-0.39, 0.29) is 28.7 Å². The Balaban J connectivity index is 1.86. The Kier molecular flexibility index (Phi) is 4.46. The third kappa shape index (κ3) is 4.15. The van der Waals surface area contributed by atoms with Crippen LogP contribution in [0.15, 0.2) is 4.34 Å². The zero-order valence-electron chi connectivity index (χ0n) is 10.6. The van der Waals surface area contributed by atoms with Crippen LogP contribution in [0.25, 0.3) is 0 Å². The number of nitrogens with zero attached hydrogens (tertiary/aromatic N) is 2. The summed E-state index contributed by atoms with van der Waals surface area (Å²) < 4.78 is 23.4. The zero-order chi connectivity index (χ0) is 14.0. The molecule has 1 aliphatic rings. The molecule has 0 bridgehead atoms. The van der Waals surface area contributed by atoms with Gasteiger partial charge in [0, 0.05) is 6.04 Å². The van der Waals surface area contributed by atoms with Crippen molar-refractivity contribution >= 4 is 38.8 Å². The fourth-order valence-corrected chi connectivity index (χ4v) is 5.40. The molecule has 0 aromatic carbocycles. The van der Waals surface area contributed by atoms with E-state index in [1.54, 1.807) is 6.92 Å². The molecule has 9 heteroatoms. The smallest absolute Gasteiger partial charge is 0.233 e. The fraction of sp³-hybridized carbons (Fsp3) is 0.700. The van der Waals surface area contributed by atoms with Crippen LogP contribution in [0.2, 0.25) is 0 Å². The fourth-order valence-electron chi connectivity index (χ4n) is 1.76. The number of carbonyl (C=O) groups is 1. The molecule has 6 nitrogen and oxygen atoms in total. The molecule has 106 valence electrons. The maximum atomic E-state index is 12.0. The molecule has 0 radical (unpaired) electrons. The van der Waals surface area contributed by atoms with E-state index in [0.717, 1.165) is 9.35 Å². The number of aryl methyl sites for hydroxylation is 1. The first-order chi connectivity index (χ1) is 8.85. The summed E-state index contributed by atoms with van der Waals surface area (Å²) in [4.78, 5) is 12.0. The lowest BCUT2D eigenvalue weighted by atomic mass is 10.2. The van der Waals surface area contributed by atoms with Gasteiger partial charge >= 0.3 is 0 Å². The molecule has 1 aromatic rings. The molecule has 1 aromatic heterocycles. The Morgan fingerprint density at radius 2 is 2.26 bits per heavy atom. The van der Waals surface area contributed by atoms with Gasteiger partial charge in [0.1, 0.15) is 5.01 Å². The van der Waals surface area contributed by atoms with Crippen molar-refractivity contribution in [2.75, 3.05) is 11.5 Å². The lowest BCUT2D eigenvalue weighted by molar-refractivity contribution is -0.120. The van der Waals surface area contributed by atoms with E-state index in [1.807, 2.05) is 6.92 Å². The predicted molar refractivity (Wildman–Crippen MR) is 75.2 cm³/mol. The van der Waals surface area contributed by atoms with Crippen molar-refractivity contribution < 1.29 is 13.2 Å². The Morgan fingerprint density at radius 1 is 1.53 bits per heavy atom. The van der Waals surface area contributed by atoms with Crippen molar-refractivity contribution in [2.45, 2.75) is 35.9 Å². The molecule has 1 saturated heterocycles. The largest absolute Gasteiger partial charge is 0.351 e. The highest BCUT2D eigenvalue weighted by Gasteiger charge is 2.30. The SMILES string of the molecule is Cc1nnc(S[C@@H](C)C(=O)N[C@H]2CCS(=O)(=O)C2)s1. The zero-order valence-corrected chi connectivity index (χ0v) is 13.1. The monoisotopic (exact) mass is 321 g/mol. The first-order valence-corrected chi connectivity index (χ1v) is 9.35. The normalized spacial score (nSPS) is 23.2. The summed E-state index contributed by atoms with van der Waals surface area (Å²) in [7, 11) is -2.96. The molecule has 2 heterocycles. The average Bonchev–Trinajstić information content (AvgIpc) is 2.85. The molecule has 1 amide bonds.